The lowest BCUT2D eigenvalue weighted by molar-refractivity contribution is -0.130. The number of aromatic nitrogens is 1. The molecule has 1 fully saturated rings. The van der Waals surface area contributed by atoms with Crippen molar-refractivity contribution in [2.75, 3.05) is 24.6 Å². The van der Waals surface area contributed by atoms with E-state index in [1.807, 2.05) is 15.5 Å². The number of hydrogen-bond acceptors (Lipinski definition) is 4. The number of thioether (sulfide) groups is 1. The van der Waals surface area contributed by atoms with Gasteiger partial charge in [0.25, 0.3) is 5.91 Å². The first kappa shape index (κ1) is 20.9. The SMILES string of the molecule is C=CCn1c(=NC(=O)CSCC(=O)N2CCCC(C)C2)sc2cc(C)ccc21. The predicted octanol–water partition coefficient (Wildman–Crippen LogP) is 3.62. The van der Waals surface area contributed by atoms with Gasteiger partial charge in [0, 0.05) is 19.6 Å². The molecular weight excluding hydrogens is 390 g/mol. The highest BCUT2D eigenvalue weighted by Gasteiger charge is 2.20. The third-order valence-electron chi connectivity index (χ3n) is 4.83. The molecule has 0 spiro atoms. The van der Waals surface area contributed by atoms with Crippen LogP contribution in [0.4, 0.5) is 0 Å². The number of thiazole rings is 1. The molecule has 0 saturated carbocycles. The van der Waals surface area contributed by atoms with E-state index in [9.17, 15) is 9.59 Å². The van der Waals surface area contributed by atoms with Crippen molar-refractivity contribution in [2.45, 2.75) is 33.2 Å². The van der Waals surface area contributed by atoms with E-state index in [4.69, 9.17) is 0 Å². The van der Waals surface area contributed by atoms with E-state index in [2.05, 4.69) is 43.6 Å². The van der Waals surface area contributed by atoms with Crippen LogP contribution in [0.25, 0.3) is 10.2 Å². The van der Waals surface area contributed by atoms with Gasteiger partial charge in [0.2, 0.25) is 5.91 Å². The molecule has 0 aliphatic carbocycles. The summed E-state index contributed by atoms with van der Waals surface area (Å²) >= 11 is 2.87. The Morgan fingerprint density at radius 1 is 1.39 bits per heavy atom. The maximum atomic E-state index is 12.4. The summed E-state index contributed by atoms with van der Waals surface area (Å²) < 4.78 is 3.12. The van der Waals surface area contributed by atoms with Gasteiger partial charge < -0.3 is 9.47 Å². The molecule has 2 heterocycles. The smallest absolute Gasteiger partial charge is 0.258 e. The van der Waals surface area contributed by atoms with E-state index < -0.39 is 0 Å². The van der Waals surface area contributed by atoms with E-state index >= 15 is 0 Å². The maximum absolute atomic E-state index is 12.4. The lowest BCUT2D eigenvalue weighted by atomic mass is 10.0. The topological polar surface area (TPSA) is 54.7 Å². The maximum Gasteiger partial charge on any atom is 0.258 e. The van der Waals surface area contributed by atoms with Gasteiger partial charge in [0.05, 0.1) is 21.7 Å². The molecule has 1 atom stereocenters. The van der Waals surface area contributed by atoms with Gasteiger partial charge in [0.1, 0.15) is 0 Å². The van der Waals surface area contributed by atoms with Gasteiger partial charge in [-0.15, -0.1) is 18.3 Å². The highest BCUT2D eigenvalue weighted by molar-refractivity contribution is 8.00. The van der Waals surface area contributed by atoms with Crippen LogP contribution in [0, 0.1) is 12.8 Å². The van der Waals surface area contributed by atoms with E-state index in [1.54, 1.807) is 0 Å². The third kappa shape index (κ3) is 5.14. The number of aryl methyl sites for hydroxylation is 1. The van der Waals surface area contributed by atoms with Crippen molar-refractivity contribution in [3.63, 3.8) is 0 Å². The molecule has 150 valence electrons. The number of hydrogen-bond donors (Lipinski definition) is 0. The van der Waals surface area contributed by atoms with Crippen LogP contribution >= 0.6 is 23.1 Å². The summed E-state index contributed by atoms with van der Waals surface area (Å²) in [5.74, 6) is 1.05. The molecule has 2 amide bonds. The fourth-order valence-corrected chi connectivity index (χ4v) is 5.30. The zero-order valence-electron chi connectivity index (χ0n) is 16.5. The first-order chi connectivity index (χ1) is 13.5. The normalized spacial score (nSPS) is 17.9. The minimum atomic E-state index is -0.203. The summed E-state index contributed by atoms with van der Waals surface area (Å²) in [6.07, 6.45) is 4.07. The van der Waals surface area contributed by atoms with Crippen LogP contribution < -0.4 is 4.80 Å². The number of piperidine rings is 1. The third-order valence-corrected chi connectivity index (χ3v) is 6.77. The standard InChI is InChI=1S/C21H27N3O2S2/c1-4-9-24-17-8-7-15(2)11-18(17)28-21(24)22-19(25)13-27-14-20(26)23-10-5-6-16(3)12-23/h4,7-8,11,16H,1,5-6,9-10,12-14H2,2-3H3. The van der Waals surface area contributed by atoms with Gasteiger partial charge in [-0.2, -0.15) is 4.99 Å². The van der Waals surface area contributed by atoms with Crippen molar-refractivity contribution in [2.24, 2.45) is 10.9 Å². The minimum Gasteiger partial charge on any atom is -0.342 e. The molecule has 5 nitrogen and oxygen atoms in total. The second-order valence-corrected chi connectivity index (χ2v) is 9.34. The average Bonchev–Trinajstić information content (AvgIpc) is 2.98. The first-order valence-electron chi connectivity index (χ1n) is 9.62. The van der Waals surface area contributed by atoms with Gasteiger partial charge in [-0.1, -0.05) is 30.4 Å². The van der Waals surface area contributed by atoms with E-state index in [-0.39, 0.29) is 17.6 Å². The second-order valence-electron chi connectivity index (χ2n) is 7.34. The fourth-order valence-electron chi connectivity index (χ4n) is 3.44. The fraction of sp³-hybridized carbons (Fsp3) is 0.476. The van der Waals surface area contributed by atoms with Gasteiger partial charge in [-0.3, -0.25) is 9.59 Å². The number of likely N-dealkylation sites (tertiary alicyclic amines) is 1. The summed E-state index contributed by atoms with van der Waals surface area (Å²) in [6.45, 7) is 10.3. The highest BCUT2D eigenvalue weighted by Crippen LogP contribution is 2.19. The minimum absolute atomic E-state index is 0.128. The lowest BCUT2D eigenvalue weighted by Crippen LogP contribution is -2.40. The number of carbonyl (C=O) groups excluding carboxylic acids is 2. The summed E-state index contributed by atoms with van der Waals surface area (Å²) in [4.78, 5) is 31.6. The number of rotatable bonds is 6. The molecule has 3 rings (SSSR count). The van der Waals surface area contributed by atoms with Crippen molar-refractivity contribution < 1.29 is 9.59 Å². The first-order valence-corrected chi connectivity index (χ1v) is 11.6. The zero-order chi connectivity index (χ0) is 20.1. The zero-order valence-corrected chi connectivity index (χ0v) is 18.2. The molecule has 7 heteroatoms. The average molecular weight is 418 g/mol. The molecule has 1 aromatic carbocycles. The number of allylic oxidation sites excluding steroid dienone is 1. The Balaban J connectivity index is 1.65. The molecule has 1 aliphatic rings. The summed E-state index contributed by atoms with van der Waals surface area (Å²) in [5, 5.41) is 0. The number of amides is 2. The van der Waals surface area contributed by atoms with Crippen LogP contribution in [0.1, 0.15) is 25.3 Å². The van der Waals surface area contributed by atoms with Gasteiger partial charge in [-0.05, 0) is 43.4 Å². The Kier molecular flexibility index (Phi) is 7.13. The van der Waals surface area contributed by atoms with E-state index in [0.29, 0.717) is 23.0 Å². The van der Waals surface area contributed by atoms with Crippen molar-refractivity contribution in [1.29, 1.82) is 0 Å². The van der Waals surface area contributed by atoms with Gasteiger partial charge in [-0.25, -0.2) is 0 Å². The van der Waals surface area contributed by atoms with E-state index in [0.717, 1.165) is 29.7 Å². The van der Waals surface area contributed by atoms with Crippen molar-refractivity contribution >= 4 is 45.1 Å². The Bertz CT molecular complexity index is 945. The second kappa shape index (κ2) is 9.56. The van der Waals surface area contributed by atoms with Gasteiger partial charge in [0.15, 0.2) is 4.80 Å². The van der Waals surface area contributed by atoms with Crippen LogP contribution in [0.3, 0.4) is 0 Å². The molecule has 0 bridgehead atoms. The molecule has 1 aliphatic heterocycles. The Morgan fingerprint density at radius 3 is 2.96 bits per heavy atom. The number of nitrogens with zero attached hydrogens (tertiary/aromatic N) is 3. The molecular formula is C21H27N3O2S2. The Morgan fingerprint density at radius 2 is 2.21 bits per heavy atom. The predicted molar refractivity (Wildman–Crippen MR) is 118 cm³/mol. The Labute approximate surface area is 174 Å². The number of benzene rings is 1. The van der Waals surface area contributed by atoms with Crippen LogP contribution in [-0.4, -0.2) is 45.9 Å². The lowest BCUT2D eigenvalue weighted by Gasteiger charge is -2.30. The van der Waals surface area contributed by atoms with Crippen LogP contribution in [-0.2, 0) is 16.1 Å². The Hall–Kier alpha value is -1.86. The monoisotopic (exact) mass is 417 g/mol. The largest absolute Gasteiger partial charge is 0.342 e. The molecule has 1 unspecified atom stereocenters. The molecule has 0 radical (unpaired) electrons. The van der Waals surface area contributed by atoms with Crippen LogP contribution in [0.15, 0.2) is 35.8 Å². The van der Waals surface area contributed by atoms with Crippen LogP contribution in [0.5, 0.6) is 0 Å². The van der Waals surface area contributed by atoms with Crippen molar-refractivity contribution in [3.05, 3.63) is 41.2 Å². The molecule has 0 N–H and O–H groups in total. The van der Waals surface area contributed by atoms with Crippen LogP contribution in [0.2, 0.25) is 0 Å². The highest BCUT2D eigenvalue weighted by atomic mass is 32.2. The quantitative estimate of drug-likeness (QED) is 0.675. The van der Waals surface area contributed by atoms with Crippen molar-refractivity contribution in [3.8, 4) is 0 Å². The van der Waals surface area contributed by atoms with Gasteiger partial charge >= 0.3 is 0 Å². The van der Waals surface area contributed by atoms with E-state index in [1.165, 1.54) is 35.1 Å². The molecule has 1 aromatic heterocycles. The number of carbonyl (C=O) groups is 2. The summed E-state index contributed by atoms with van der Waals surface area (Å²) in [6, 6.07) is 6.22. The van der Waals surface area contributed by atoms with Crippen molar-refractivity contribution in [1.82, 2.24) is 9.47 Å². The summed E-state index contributed by atoms with van der Waals surface area (Å²) in [7, 11) is 0. The molecule has 2 aromatic rings. The molecule has 1 saturated heterocycles. The molecule has 28 heavy (non-hydrogen) atoms. The number of fused-ring (bicyclic) bond motifs is 1. The summed E-state index contributed by atoms with van der Waals surface area (Å²) in [5.41, 5.74) is 2.24.